The molecule has 9 nitrogen and oxygen atoms in total. The molecule has 0 saturated carbocycles. The number of esters is 1. The van der Waals surface area contributed by atoms with Crippen molar-refractivity contribution < 1.29 is 33.4 Å². The number of rotatable bonds is 10. The Kier molecular flexibility index (Phi) is 9.69. The van der Waals surface area contributed by atoms with Crippen molar-refractivity contribution in [1.29, 1.82) is 0 Å². The van der Waals surface area contributed by atoms with Gasteiger partial charge >= 0.3 is 5.97 Å². The number of anilines is 1. The number of carbonyl (C=O) groups is 4. The number of imide groups is 1. The summed E-state index contributed by atoms with van der Waals surface area (Å²) >= 11 is 6.79. The highest BCUT2D eigenvalue weighted by molar-refractivity contribution is 8.18. The van der Waals surface area contributed by atoms with Crippen molar-refractivity contribution in [2.24, 2.45) is 0 Å². The molecule has 0 bridgehead atoms. The number of ether oxygens (including phenoxy) is 3. The van der Waals surface area contributed by atoms with Gasteiger partial charge in [-0.1, -0.05) is 47.5 Å². The molecule has 1 N–H and O–H groups in total. The van der Waals surface area contributed by atoms with Crippen LogP contribution in [-0.4, -0.2) is 48.2 Å². The molecule has 212 valence electrons. The fourth-order valence-corrected chi connectivity index (χ4v) is 4.99. The molecule has 0 atom stereocenters. The van der Waals surface area contributed by atoms with E-state index in [1.54, 1.807) is 31.2 Å². The molecule has 3 amide bonds. The number of benzene rings is 3. The second kappa shape index (κ2) is 13.4. The van der Waals surface area contributed by atoms with Crippen LogP contribution in [-0.2, 0) is 20.9 Å². The van der Waals surface area contributed by atoms with Crippen LogP contribution in [0.5, 0.6) is 11.5 Å². The summed E-state index contributed by atoms with van der Waals surface area (Å²) in [6.45, 7) is 3.69. The van der Waals surface area contributed by atoms with Crippen molar-refractivity contribution >= 4 is 58.1 Å². The minimum Gasteiger partial charge on any atom is -0.493 e. The third-order valence-corrected chi connectivity index (χ3v) is 7.12. The molecule has 1 aliphatic heterocycles. The molecule has 1 heterocycles. The summed E-state index contributed by atoms with van der Waals surface area (Å²) in [5, 5.41) is 2.16. The van der Waals surface area contributed by atoms with Crippen molar-refractivity contribution in [3.8, 4) is 11.5 Å². The molecule has 0 radical (unpaired) electrons. The fourth-order valence-electron chi connectivity index (χ4n) is 3.96. The summed E-state index contributed by atoms with van der Waals surface area (Å²) in [6.07, 6.45) is 1.56. The Balaban J connectivity index is 1.42. The monoisotopic (exact) mass is 594 g/mol. The van der Waals surface area contributed by atoms with E-state index in [9.17, 15) is 19.2 Å². The Hall–Kier alpha value is -4.28. The average molecular weight is 595 g/mol. The molecular weight excluding hydrogens is 568 g/mol. The van der Waals surface area contributed by atoms with Gasteiger partial charge in [-0.25, -0.2) is 4.79 Å². The molecular formula is C30H27ClN2O7S. The molecule has 11 heteroatoms. The molecule has 0 spiro atoms. The lowest BCUT2D eigenvalue weighted by atomic mass is 10.1. The first kappa shape index (κ1) is 29.7. The highest BCUT2D eigenvalue weighted by Gasteiger charge is 2.36. The Labute approximate surface area is 246 Å². The van der Waals surface area contributed by atoms with E-state index in [-0.39, 0.29) is 27.8 Å². The summed E-state index contributed by atoms with van der Waals surface area (Å²) < 4.78 is 16.4. The van der Waals surface area contributed by atoms with Crippen LogP contribution in [0.3, 0.4) is 0 Å². The van der Waals surface area contributed by atoms with Crippen LogP contribution in [0.25, 0.3) is 6.08 Å². The Morgan fingerprint density at radius 3 is 2.59 bits per heavy atom. The zero-order valence-corrected chi connectivity index (χ0v) is 24.1. The minimum absolute atomic E-state index is 0.0856. The number of nitrogens with one attached hydrogen (secondary N) is 1. The van der Waals surface area contributed by atoms with E-state index in [1.165, 1.54) is 25.3 Å². The lowest BCUT2D eigenvalue weighted by Crippen LogP contribution is -2.36. The summed E-state index contributed by atoms with van der Waals surface area (Å²) in [4.78, 5) is 51.3. The standard InChI is InChI=1S/C30H27ClN2O7S/c1-4-39-29(36)22-15-21(9-10-23(22)31)32-27(34)16-33-28(35)26(41-30(33)37)14-19-8-11-24(25(13-19)38-3)40-17-20-7-5-6-18(2)12-20/h5-15H,4,16-17H2,1-3H3,(H,32,34)/b26-14-. The maximum atomic E-state index is 13.0. The van der Waals surface area contributed by atoms with E-state index in [1.807, 2.05) is 31.2 Å². The van der Waals surface area contributed by atoms with Crippen LogP contribution in [0.4, 0.5) is 10.5 Å². The number of amides is 3. The first-order valence-electron chi connectivity index (χ1n) is 12.6. The maximum absolute atomic E-state index is 13.0. The van der Waals surface area contributed by atoms with Crippen molar-refractivity contribution in [3.05, 3.63) is 92.8 Å². The van der Waals surface area contributed by atoms with Crippen LogP contribution in [0.1, 0.15) is 34.0 Å². The average Bonchev–Trinajstić information content (AvgIpc) is 3.20. The van der Waals surface area contributed by atoms with Crippen LogP contribution in [0.2, 0.25) is 5.02 Å². The molecule has 1 saturated heterocycles. The number of nitrogens with zero attached hydrogens (tertiary/aromatic N) is 1. The molecule has 1 aliphatic rings. The smallest absolute Gasteiger partial charge is 0.339 e. The van der Waals surface area contributed by atoms with Gasteiger partial charge in [0.1, 0.15) is 13.2 Å². The van der Waals surface area contributed by atoms with Gasteiger partial charge in [-0.3, -0.25) is 19.3 Å². The van der Waals surface area contributed by atoms with Gasteiger partial charge in [-0.15, -0.1) is 0 Å². The van der Waals surface area contributed by atoms with Crippen molar-refractivity contribution in [2.75, 3.05) is 25.6 Å². The van der Waals surface area contributed by atoms with Crippen molar-refractivity contribution in [1.82, 2.24) is 4.90 Å². The highest BCUT2D eigenvalue weighted by Crippen LogP contribution is 2.35. The van der Waals surface area contributed by atoms with E-state index in [4.69, 9.17) is 25.8 Å². The predicted octanol–water partition coefficient (Wildman–Crippen LogP) is 6.09. The van der Waals surface area contributed by atoms with E-state index < -0.39 is 29.6 Å². The number of hydrogen-bond acceptors (Lipinski definition) is 8. The van der Waals surface area contributed by atoms with Crippen LogP contribution in [0, 0.1) is 6.92 Å². The van der Waals surface area contributed by atoms with Gasteiger partial charge < -0.3 is 19.5 Å². The van der Waals surface area contributed by atoms with Crippen LogP contribution >= 0.6 is 23.4 Å². The van der Waals surface area contributed by atoms with Gasteiger partial charge in [0.15, 0.2) is 11.5 Å². The first-order chi connectivity index (χ1) is 19.7. The van der Waals surface area contributed by atoms with Gasteiger partial charge in [-0.2, -0.15) is 0 Å². The number of carbonyl (C=O) groups excluding carboxylic acids is 4. The third-order valence-electron chi connectivity index (χ3n) is 5.88. The summed E-state index contributed by atoms with van der Waals surface area (Å²) in [7, 11) is 1.52. The quantitative estimate of drug-likeness (QED) is 0.222. The van der Waals surface area contributed by atoms with E-state index in [0.717, 1.165) is 27.8 Å². The Bertz CT molecular complexity index is 1540. The van der Waals surface area contributed by atoms with Gasteiger partial charge in [-0.05, 0) is 73.1 Å². The predicted molar refractivity (Wildman–Crippen MR) is 157 cm³/mol. The molecule has 41 heavy (non-hydrogen) atoms. The van der Waals surface area contributed by atoms with Gasteiger partial charge in [0.05, 0.1) is 29.2 Å². The molecule has 1 fully saturated rings. The molecule has 0 aliphatic carbocycles. The summed E-state index contributed by atoms with van der Waals surface area (Å²) in [5.74, 6) is -0.855. The SMILES string of the molecule is CCOC(=O)c1cc(NC(=O)CN2C(=O)S/C(=C\c3ccc(OCc4cccc(C)c4)c(OC)c3)C2=O)ccc1Cl. The molecule has 3 aromatic rings. The first-order valence-corrected chi connectivity index (χ1v) is 13.8. The van der Waals surface area contributed by atoms with Crippen LogP contribution < -0.4 is 14.8 Å². The summed E-state index contributed by atoms with van der Waals surface area (Å²) in [6, 6.07) is 17.5. The number of thioether (sulfide) groups is 1. The zero-order chi connectivity index (χ0) is 29.5. The van der Waals surface area contributed by atoms with E-state index >= 15 is 0 Å². The molecule has 3 aromatic carbocycles. The topological polar surface area (TPSA) is 111 Å². The number of hydrogen-bond donors (Lipinski definition) is 1. The van der Waals surface area contributed by atoms with E-state index in [0.29, 0.717) is 23.7 Å². The zero-order valence-electron chi connectivity index (χ0n) is 22.6. The number of aryl methyl sites for hydroxylation is 1. The Morgan fingerprint density at radius 1 is 1.05 bits per heavy atom. The second-order valence-electron chi connectivity index (χ2n) is 8.92. The van der Waals surface area contributed by atoms with Gasteiger partial charge in [0.25, 0.3) is 11.1 Å². The summed E-state index contributed by atoms with van der Waals surface area (Å²) in [5.41, 5.74) is 3.12. The molecule has 0 aromatic heterocycles. The minimum atomic E-state index is -0.632. The van der Waals surface area contributed by atoms with Crippen molar-refractivity contribution in [2.45, 2.75) is 20.5 Å². The molecule has 4 rings (SSSR count). The Morgan fingerprint density at radius 2 is 1.85 bits per heavy atom. The lowest BCUT2D eigenvalue weighted by molar-refractivity contribution is -0.127. The highest BCUT2D eigenvalue weighted by atomic mass is 35.5. The number of methoxy groups -OCH3 is 1. The van der Waals surface area contributed by atoms with E-state index in [2.05, 4.69) is 5.32 Å². The largest absolute Gasteiger partial charge is 0.493 e. The third kappa shape index (κ3) is 7.47. The lowest BCUT2D eigenvalue weighted by Gasteiger charge is -2.13. The van der Waals surface area contributed by atoms with Crippen LogP contribution in [0.15, 0.2) is 65.6 Å². The molecule has 0 unspecified atom stereocenters. The van der Waals surface area contributed by atoms with Gasteiger partial charge in [0.2, 0.25) is 5.91 Å². The second-order valence-corrected chi connectivity index (χ2v) is 10.3. The number of halogens is 1. The maximum Gasteiger partial charge on any atom is 0.339 e. The van der Waals surface area contributed by atoms with Gasteiger partial charge in [0, 0.05) is 5.69 Å². The fraction of sp³-hybridized carbons (Fsp3) is 0.200. The van der Waals surface area contributed by atoms with Crippen molar-refractivity contribution in [3.63, 3.8) is 0 Å². The normalized spacial score (nSPS) is 13.9.